The van der Waals surface area contributed by atoms with Gasteiger partial charge in [0.25, 0.3) is 0 Å². The molecule has 0 heterocycles. The van der Waals surface area contributed by atoms with Crippen LogP contribution in [-0.2, 0) is 18.3 Å². The van der Waals surface area contributed by atoms with Crippen LogP contribution in [0.3, 0.4) is 0 Å². The van der Waals surface area contributed by atoms with Crippen LogP contribution >= 0.6 is 17.0 Å². The predicted octanol–water partition coefficient (Wildman–Crippen LogP) is 1.45. The molecule has 51 valence electrons. The molecule has 0 spiro atoms. The normalized spacial score (nSPS) is 8.30. The molecule has 0 saturated heterocycles. The van der Waals surface area contributed by atoms with E-state index in [-0.39, 0.29) is 17.0 Å². The van der Waals surface area contributed by atoms with E-state index in [2.05, 4.69) is 12.1 Å². The number of ether oxygens (including phenoxy) is 1. The fourth-order valence-electron chi connectivity index (χ4n) is 0.672. The molecule has 0 amide bonds. The van der Waals surface area contributed by atoms with Crippen molar-refractivity contribution in [1.82, 2.24) is 0 Å². The molecule has 1 aromatic rings. The summed E-state index contributed by atoms with van der Waals surface area (Å²) in [6.45, 7) is 0. The molecule has 0 aliphatic carbocycles. The summed E-state index contributed by atoms with van der Waals surface area (Å²) in [7, 11) is 1.69. The van der Waals surface area contributed by atoms with Crippen LogP contribution in [0.1, 0.15) is 0 Å². The molecule has 1 aromatic carbocycles. The van der Waals surface area contributed by atoms with Gasteiger partial charge >= 0.3 is 64.3 Å². The first-order valence-electron chi connectivity index (χ1n) is 2.79. The molecule has 0 bridgehead atoms. The van der Waals surface area contributed by atoms with E-state index < -0.39 is 0 Å². The van der Waals surface area contributed by atoms with E-state index in [0.29, 0.717) is 0 Å². The van der Waals surface area contributed by atoms with Crippen molar-refractivity contribution in [2.24, 2.45) is 0 Å². The van der Waals surface area contributed by atoms with Crippen molar-refractivity contribution >= 4 is 21.1 Å². The number of rotatable bonds is 1. The molecule has 0 radical (unpaired) electrons. The maximum absolute atomic E-state index is 5.02. The van der Waals surface area contributed by atoms with E-state index in [1.807, 2.05) is 12.1 Å². The van der Waals surface area contributed by atoms with Gasteiger partial charge in [0.1, 0.15) is 0 Å². The molecule has 0 atom stereocenters. The summed E-state index contributed by atoms with van der Waals surface area (Å²) in [5.74, 6) is 0.957. The van der Waals surface area contributed by atoms with Gasteiger partial charge in [0.2, 0.25) is 0 Å². The zero-order chi connectivity index (χ0) is 6.69. The van der Waals surface area contributed by atoms with Crippen LogP contribution in [0.5, 0.6) is 5.75 Å². The SMILES string of the molecule is Br.COc1ccc[c]([Zn])c1. The van der Waals surface area contributed by atoms with Gasteiger partial charge < -0.3 is 0 Å². The number of methoxy groups -OCH3 is 1. The Hall–Kier alpha value is 0.123. The van der Waals surface area contributed by atoms with Crippen molar-refractivity contribution in [2.75, 3.05) is 7.11 Å². The Labute approximate surface area is 81.2 Å². The van der Waals surface area contributed by atoms with Crippen LogP contribution in [0.2, 0.25) is 0 Å². The topological polar surface area (TPSA) is 9.23 Å². The Morgan fingerprint density at radius 3 is 2.50 bits per heavy atom. The summed E-state index contributed by atoms with van der Waals surface area (Å²) in [6.07, 6.45) is 0. The van der Waals surface area contributed by atoms with Crippen molar-refractivity contribution in [2.45, 2.75) is 0 Å². The molecule has 3 heteroatoms. The second-order valence-electron chi connectivity index (χ2n) is 1.85. The first kappa shape index (κ1) is 10.1. The van der Waals surface area contributed by atoms with E-state index in [1.165, 1.54) is 22.5 Å². The summed E-state index contributed by atoms with van der Waals surface area (Å²) in [5.41, 5.74) is 0. The Morgan fingerprint density at radius 2 is 2.10 bits per heavy atom. The van der Waals surface area contributed by atoms with Gasteiger partial charge in [-0.1, -0.05) is 0 Å². The molecule has 0 aromatic heterocycles. The van der Waals surface area contributed by atoms with Crippen molar-refractivity contribution in [3.8, 4) is 5.75 Å². The third kappa shape index (κ3) is 2.80. The first-order chi connectivity index (χ1) is 4.33. The maximum atomic E-state index is 5.02. The third-order valence-corrected chi connectivity index (χ3v) is 2.06. The van der Waals surface area contributed by atoms with Crippen LogP contribution in [0.4, 0.5) is 0 Å². The van der Waals surface area contributed by atoms with Gasteiger partial charge in [-0.25, -0.2) is 0 Å². The predicted molar refractivity (Wildman–Crippen MR) is 43.0 cm³/mol. The van der Waals surface area contributed by atoms with Crippen molar-refractivity contribution in [3.05, 3.63) is 24.3 Å². The van der Waals surface area contributed by atoms with Gasteiger partial charge in [-0.3, -0.25) is 0 Å². The summed E-state index contributed by atoms with van der Waals surface area (Å²) >= 11 is 1.19. The van der Waals surface area contributed by atoms with Crippen molar-refractivity contribution in [1.29, 1.82) is 0 Å². The van der Waals surface area contributed by atoms with Crippen molar-refractivity contribution in [3.63, 3.8) is 0 Å². The van der Waals surface area contributed by atoms with E-state index in [0.717, 1.165) is 5.75 Å². The fourth-order valence-corrected chi connectivity index (χ4v) is 1.38. The standard InChI is InChI=1S/C7H7O.BrH.Zn/c1-8-7-5-3-2-4-6-7;;/h2-3,5-6H,1H3;1H;. The summed E-state index contributed by atoms with van der Waals surface area (Å²) in [6, 6.07) is 8.12. The average Bonchev–Trinajstić information content (AvgIpc) is 1.88. The van der Waals surface area contributed by atoms with Crippen LogP contribution in [0.15, 0.2) is 24.3 Å². The van der Waals surface area contributed by atoms with Crippen LogP contribution in [0.25, 0.3) is 0 Å². The van der Waals surface area contributed by atoms with E-state index in [9.17, 15) is 0 Å². The van der Waals surface area contributed by atoms with Gasteiger partial charge in [0, 0.05) is 0 Å². The molecule has 10 heavy (non-hydrogen) atoms. The Balaban J connectivity index is 0.000000810. The van der Waals surface area contributed by atoms with Crippen LogP contribution < -0.4 is 8.89 Å². The fraction of sp³-hybridized carbons (Fsp3) is 0.143. The molecule has 0 fully saturated rings. The van der Waals surface area contributed by atoms with Gasteiger partial charge in [0.05, 0.1) is 0 Å². The minimum atomic E-state index is 0. The van der Waals surface area contributed by atoms with Crippen LogP contribution in [-0.4, -0.2) is 7.11 Å². The Kier molecular flexibility index (Phi) is 4.93. The monoisotopic (exact) mass is 251 g/mol. The second-order valence-corrected chi connectivity index (χ2v) is 3.56. The van der Waals surface area contributed by atoms with E-state index in [1.54, 1.807) is 7.11 Å². The van der Waals surface area contributed by atoms with Crippen molar-refractivity contribution < 1.29 is 23.0 Å². The summed E-state index contributed by atoms with van der Waals surface area (Å²) in [5, 5.41) is 0. The van der Waals surface area contributed by atoms with Gasteiger partial charge in [-0.15, -0.1) is 17.0 Å². The number of halogens is 1. The summed E-state index contributed by atoms with van der Waals surface area (Å²) < 4.78 is 6.37. The Morgan fingerprint density at radius 1 is 1.40 bits per heavy atom. The van der Waals surface area contributed by atoms with Gasteiger partial charge in [-0.05, 0) is 0 Å². The molecule has 1 nitrogen and oxygen atoms in total. The number of hydrogen-bond donors (Lipinski definition) is 0. The van der Waals surface area contributed by atoms with E-state index >= 15 is 0 Å². The van der Waals surface area contributed by atoms with E-state index in [4.69, 9.17) is 4.74 Å². The minimum absolute atomic E-state index is 0. The molecule has 0 aliphatic heterocycles. The second kappa shape index (κ2) is 4.87. The zero-order valence-electron chi connectivity index (χ0n) is 5.83. The first-order valence-corrected chi connectivity index (χ1v) is 4.27. The zero-order valence-corrected chi connectivity index (χ0v) is 10.5. The Bertz CT molecular complexity index is 203. The molecular weight excluding hydrogens is 245 g/mol. The van der Waals surface area contributed by atoms with Gasteiger partial charge in [0.15, 0.2) is 0 Å². The quantitative estimate of drug-likeness (QED) is 0.688. The summed E-state index contributed by atoms with van der Waals surface area (Å²) in [4.78, 5) is 0. The molecule has 1 rings (SSSR count). The van der Waals surface area contributed by atoms with Crippen LogP contribution in [0, 0.1) is 0 Å². The molecule has 0 aliphatic rings. The molecule has 0 N–H and O–H groups in total. The third-order valence-electron chi connectivity index (χ3n) is 1.13. The molecule has 0 saturated carbocycles. The number of hydrogen-bond acceptors (Lipinski definition) is 1. The molecule has 0 unspecified atom stereocenters. The molecular formula is C7H8BrOZn. The number of benzene rings is 1. The average molecular weight is 253 g/mol. The van der Waals surface area contributed by atoms with Gasteiger partial charge in [-0.2, -0.15) is 0 Å².